The molecule has 1 aliphatic rings. The standard InChI is InChI=1S/C13H19ClN2.2ClH/c14-13-4-2-1-3-12(13)10-16-9-11-5-7-15-8-6-11;;/h1-4,11,15-16H,5-10H2;2*1H/p-2. The lowest BCUT2D eigenvalue weighted by molar-refractivity contribution is -0.00100. The summed E-state index contributed by atoms with van der Waals surface area (Å²) in [5.74, 6) is 0.823. The van der Waals surface area contributed by atoms with Crippen molar-refractivity contribution in [3.8, 4) is 0 Å². The van der Waals surface area contributed by atoms with Crippen LogP contribution in [0.25, 0.3) is 0 Å². The van der Waals surface area contributed by atoms with Crippen molar-refractivity contribution in [2.75, 3.05) is 19.6 Å². The van der Waals surface area contributed by atoms with Crippen molar-refractivity contribution >= 4 is 11.6 Å². The van der Waals surface area contributed by atoms with Crippen molar-refractivity contribution in [1.29, 1.82) is 0 Å². The molecule has 1 aromatic carbocycles. The summed E-state index contributed by atoms with van der Waals surface area (Å²) in [6.45, 7) is 4.31. The van der Waals surface area contributed by atoms with Crippen molar-refractivity contribution in [1.82, 2.24) is 10.6 Å². The normalized spacial score (nSPS) is 15.6. The number of rotatable bonds is 4. The van der Waals surface area contributed by atoms with Crippen LogP contribution < -0.4 is 35.4 Å². The van der Waals surface area contributed by atoms with Gasteiger partial charge in [0.15, 0.2) is 0 Å². The molecule has 0 unspecified atom stereocenters. The van der Waals surface area contributed by atoms with E-state index in [9.17, 15) is 0 Å². The van der Waals surface area contributed by atoms with Crippen molar-refractivity contribution in [2.45, 2.75) is 19.4 Å². The molecule has 0 aliphatic carbocycles. The number of piperidine rings is 1. The number of halogens is 3. The molecule has 1 saturated heterocycles. The number of benzene rings is 1. The summed E-state index contributed by atoms with van der Waals surface area (Å²) < 4.78 is 0. The van der Waals surface area contributed by atoms with E-state index in [1.54, 1.807) is 0 Å². The summed E-state index contributed by atoms with van der Waals surface area (Å²) in [6, 6.07) is 8.03. The molecular weight excluding hydrogens is 291 g/mol. The van der Waals surface area contributed by atoms with Gasteiger partial charge in [-0.3, -0.25) is 0 Å². The Bertz CT molecular complexity index is 328. The number of nitrogens with one attached hydrogen (secondary N) is 2. The smallest absolute Gasteiger partial charge is 0.0450 e. The first-order valence-electron chi connectivity index (χ1n) is 6.01. The Labute approximate surface area is 127 Å². The fraction of sp³-hybridized carbons (Fsp3) is 0.538. The minimum atomic E-state index is 0. The largest absolute Gasteiger partial charge is 1.00 e. The summed E-state index contributed by atoms with van der Waals surface area (Å²) in [4.78, 5) is 0. The zero-order valence-electron chi connectivity index (χ0n) is 10.3. The van der Waals surface area contributed by atoms with E-state index in [1.807, 2.05) is 18.2 Å². The maximum atomic E-state index is 6.10. The lowest BCUT2D eigenvalue weighted by Crippen LogP contribution is -3.00. The Morgan fingerprint density at radius 2 is 1.83 bits per heavy atom. The van der Waals surface area contributed by atoms with Crippen LogP contribution >= 0.6 is 11.6 Å². The van der Waals surface area contributed by atoms with Gasteiger partial charge in [0.25, 0.3) is 0 Å². The third-order valence-electron chi connectivity index (χ3n) is 3.17. The molecule has 1 fully saturated rings. The first-order chi connectivity index (χ1) is 7.86. The predicted molar refractivity (Wildman–Crippen MR) is 68.8 cm³/mol. The molecule has 0 aromatic heterocycles. The lowest BCUT2D eigenvalue weighted by Gasteiger charge is -2.22. The molecule has 1 heterocycles. The quantitative estimate of drug-likeness (QED) is 0.602. The molecule has 2 N–H and O–H groups in total. The Hall–Kier alpha value is 0.01000. The van der Waals surface area contributed by atoms with Gasteiger partial charge < -0.3 is 35.4 Å². The van der Waals surface area contributed by atoms with Gasteiger partial charge in [0.1, 0.15) is 0 Å². The van der Waals surface area contributed by atoms with E-state index in [-0.39, 0.29) is 24.8 Å². The van der Waals surface area contributed by atoms with E-state index in [0.29, 0.717) is 0 Å². The first-order valence-corrected chi connectivity index (χ1v) is 6.39. The highest BCUT2D eigenvalue weighted by molar-refractivity contribution is 6.31. The molecule has 0 saturated carbocycles. The summed E-state index contributed by atoms with van der Waals surface area (Å²) >= 11 is 6.10. The molecule has 1 aliphatic heterocycles. The van der Waals surface area contributed by atoms with Gasteiger partial charge in [-0.15, -0.1) is 0 Å². The van der Waals surface area contributed by atoms with Crippen LogP contribution in [0.1, 0.15) is 18.4 Å². The molecule has 0 bridgehead atoms. The SMILES string of the molecule is Clc1ccccc1CNCC1CCNCC1.[Cl-].[Cl-]. The maximum Gasteiger partial charge on any atom is 0.0450 e. The molecule has 18 heavy (non-hydrogen) atoms. The third-order valence-corrected chi connectivity index (χ3v) is 3.53. The van der Waals surface area contributed by atoms with Crippen LogP contribution in [0.15, 0.2) is 24.3 Å². The van der Waals surface area contributed by atoms with Crippen LogP contribution in [-0.2, 0) is 6.54 Å². The average Bonchev–Trinajstić information content (AvgIpc) is 2.33. The second-order valence-electron chi connectivity index (χ2n) is 4.42. The van der Waals surface area contributed by atoms with E-state index in [4.69, 9.17) is 11.6 Å². The molecule has 2 nitrogen and oxygen atoms in total. The molecule has 104 valence electrons. The van der Waals surface area contributed by atoms with Gasteiger partial charge in [-0.25, -0.2) is 0 Å². The summed E-state index contributed by atoms with van der Waals surface area (Å²) in [5.41, 5.74) is 1.19. The van der Waals surface area contributed by atoms with Crippen molar-refractivity contribution in [3.05, 3.63) is 34.9 Å². The summed E-state index contributed by atoms with van der Waals surface area (Å²) in [5, 5.41) is 7.74. The second-order valence-corrected chi connectivity index (χ2v) is 4.82. The first kappa shape index (κ1) is 18.0. The van der Waals surface area contributed by atoms with Crippen LogP contribution in [-0.4, -0.2) is 19.6 Å². The molecule has 0 spiro atoms. The zero-order valence-corrected chi connectivity index (χ0v) is 12.5. The Morgan fingerprint density at radius 1 is 1.17 bits per heavy atom. The van der Waals surface area contributed by atoms with Crippen molar-refractivity contribution in [2.24, 2.45) is 5.92 Å². The van der Waals surface area contributed by atoms with E-state index >= 15 is 0 Å². The highest BCUT2D eigenvalue weighted by atomic mass is 35.5. The molecular formula is C13H19Cl3N2-2. The molecule has 1 aromatic rings. The van der Waals surface area contributed by atoms with Gasteiger partial charge in [0.05, 0.1) is 0 Å². The Kier molecular flexibility index (Phi) is 9.88. The van der Waals surface area contributed by atoms with Gasteiger partial charge >= 0.3 is 0 Å². The van der Waals surface area contributed by atoms with Crippen LogP contribution in [0, 0.1) is 5.92 Å². The van der Waals surface area contributed by atoms with E-state index in [1.165, 1.54) is 31.5 Å². The van der Waals surface area contributed by atoms with Gasteiger partial charge in [-0.05, 0) is 50.0 Å². The Morgan fingerprint density at radius 3 is 2.50 bits per heavy atom. The highest BCUT2D eigenvalue weighted by Crippen LogP contribution is 2.15. The average molecular weight is 310 g/mol. The molecule has 2 rings (SSSR count). The van der Waals surface area contributed by atoms with Gasteiger partial charge in [0, 0.05) is 11.6 Å². The fourth-order valence-corrected chi connectivity index (χ4v) is 2.34. The van der Waals surface area contributed by atoms with Crippen LogP contribution in [0.5, 0.6) is 0 Å². The molecule has 0 radical (unpaired) electrons. The Balaban J connectivity index is 0.00000144. The summed E-state index contributed by atoms with van der Waals surface area (Å²) in [6.07, 6.45) is 2.57. The monoisotopic (exact) mass is 308 g/mol. The highest BCUT2D eigenvalue weighted by Gasteiger charge is 2.12. The topological polar surface area (TPSA) is 24.1 Å². The van der Waals surface area contributed by atoms with Crippen molar-refractivity contribution in [3.63, 3.8) is 0 Å². The third kappa shape index (κ3) is 5.77. The van der Waals surface area contributed by atoms with E-state index in [2.05, 4.69) is 16.7 Å². The minimum Gasteiger partial charge on any atom is -1.00 e. The fourth-order valence-electron chi connectivity index (χ4n) is 2.14. The lowest BCUT2D eigenvalue weighted by atomic mass is 9.98. The van der Waals surface area contributed by atoms with E-state index < -0.39 is 0 Å². The molecule has 0 amide bonds. The number of hydrogen-bond donors (Lipinski definition) is 2. The van der Waals surface area contributed by atoms with Crippen molar-refractivity contribution < 1.29 is 24.8 Å². The molecule has 5 heteroatoms. The second kappa shape index (κ2) is 9.88. The minimum absolute atomic E-state index is 0. The van der Waals surface area contributed by atoms with Gasteiger partial charge in [0.2, 0.25) is 0 Å². The summed E-state index contributed by atoms with van der Waals surface area (Å²) in [7, 11) is 0. The van der Waals surface area contributed by atoms with Gasteiger partial charge in [-0.2, -0.15) is 0 Å². The van der Waals surface area contributed by atoms with Gasteiger partial charge in [-0.1, -0.05) is 29.8 Å². The maximum absolute atomic E-state index is 6.10. The number of hydrogen-bond acceptors (Lipinski definition) is 2. The molecule has 0 atom stereocenters. The van der Waals surface area contributed by atoms with Crippen LogP contribution in [0.3, 0.4) is 0 Å². The zero-order chi connectivity index (χ0) is 11.2. The predicted octanol–water partition coefficient (Wildman–Crippen LogP) is -3.56. The van der Waals surface area contributed by atoms with E-state index in [0.717, 1.165) is 24.0 Å². The van der Waals surface area contributed by atoms with Crippen LogP contribution in [0.2, 0.25) is 5.02 Å². The van der Waals surface area contributed by atoms with Crippen LogP contribution in [0.4, 0.5) is 0 Å².